The van der Waals surface area contributed by atoms with Crippen molar-refractivity contribution in [2.75, 3.05) is 13.1 Å². The molecule has 4 nitrogen and oxygen atoms in total. The van der Waals surface area contributed by atoms with Gasteiger partial charge in [0.25, 0.3) is 0 Å². The zero-order valence-electron chi connectivity index (χ0n) is 14.8. The lowest BCUT2D eigenvalue weighted by atomic mass is 9.92. The van der Waals surface area contributed by atoms with Crippen molar-refractivity contribution in [1.29, 1.82) is 0 Å². The first-order valence-electron chi connectivity index (χ1n) is 9.13. The second kappa shape index (κ2) is 8.26. The van der Waals surface area contributed by atoms with Crippen LogP contribution in [-0.2, 0) is 17.6 Å². The predicted molar refractivity (Wildman–Crippen MR) is 98.4 cm³/mol. The van der Waals surface area contributed by atoms with Crippen molar-refractivity contribution >= 4 is 5.97 Å². The Morgan fingerprint density at radius 1 is 1.20 bits per heavy atom. The minimum atomic E-state index is -0.659. The number of carboxylic acids is 1. The molecule has 1 aliphatic heterocycles. The van der Waals surface area contributed by atoms with E-state index in [-0.39, 0.29) is 12.0 Å². The normalized spacial score (nSPS) is 17.3. The molecule has 1 aliphatic rings. The van der Waals surface area contributed by atoms with E-state index in [0.29, 0.717) is 0 Å². The number of hydrogen-bond acceptors (Lipinski definition) is 3. The van der Waals surface area contributed by atoms with Crippen molar-refractivity contribution in [2.45, 2.75) is 38.6 Å². The van der Waals surface area contributed by atoms with Crippen LogP contribution < -0.4 is 0 Å². The molecule has 4 heteroatoms. The van der Waals surface area contributed by atoms with E-state index in [0.717, 1.165) is 44.5 Å². The molecule has 132 valence electrons. The minimum absolute atomic E-state index is 0.200. The third-order valence-corrected chi connectivity index (χ3v) is 5.22. The predicted octanol–water partition coefficient (Wildman–Crippen LogP) is 3.72. The van der Waals surface area contributed by atoms with E-state index in [4.69, 9.17) is 0 Å². The molecule has 1 fully saturated rings. The fraction of sp³-hybridized carbons (Fsp3) is 0.429. The molecule has 1 unspecified atom stereocenters. The summed E-state index contributed by atoms with van der Waals surface area (Å²) in [6.45, 7) is 3.81. The van der Waals surface area contributed by atoms with Crippen molar-refractivity contribution < 1.29 is 9.90 Å². The van der Waals surface area contributed by atoms with Gasteiger partial charge in [0.05, 0.1) is 5.92 Å². The Bertz CT molecular complexity index is 677. The minimum Gasteiger partial charge on any atom is -0.481 e. The first-order chi connectivity index (χ1) is 12.2. The summed E-state index contributed by atoms with van der Waals surface area (Å²) in [4.78, 5) is 18.2. The monoisotopic (exact) mass is 338 g/mol. The number of carbonyl (C=O) groups is 1. The zero-order chi connectivity index (χ0) is 17.6. The Balaban J connectivity index is 1.80. The maximum atomic E-state index is 11.2. The second-order valence-electron chi connectivity index (χ2n) is 6.78. The molecule has 2 heterocycles. The molecular weight excluding hydrogens is 312 g/mol. The summed E-state index contributed by atoms with van der Waals surface area (Å²) in [7, 11) is 0. The zero-order valence-corrected chi connectivity index (χ0v) is 14.8. The Kier molecular flexibility index (Phi) is 5.82. The number of piperidine rings is 1. The third kappa shape index (κ3) is 4.45. The van der Waals surface area contributed by atoms with E-state index < -0.39 is 5.97 Å². The fourth-order valence-corrected chi connectivity index (χ4v) is 3.61. The van der Waals surface area contributed by atoms with Gasteiger partial charge < -0.3 is 5.11 Å². The summed E-state index contributed by atoms with van der Waals surface area (Å²) in [6.07, 6.45) is 5.17. The van der Waals surface area contributed by atoms with Crippen LogP contribution in [0.5, 0.6) is 0 Å². The van der Waals surface area contributed by atoms with Crippen LogP contribution in [0.15, 0.2) is 48.7 Å². The van der Waals surface area contributed by atoms with Gasteiger partial charge in [0.15, 0.2) is 0 Å². The van der Waals surface area contributed by atoms with Crippen molar-refractivity contribution in [3.8, 4) is 0 Å². The summed E-state index contributed by atoms with van der Waals surface area (Å²) in [5.74, 6) is -0.859. The van der Waals surface area contributed by atoms with Gasteiger partial charge in [-0.15, -0.1) is 0 Å². The highest BCUT2D eigenvalue weighted by molar-refractivity contribution is 5.70. The van der Waals surface area contributed by atoms with Gasteiger partial charge in [0.1, 0.15) is 0 Å². The molecule has 1 aromatic carbocycles. The molecule has 0 saturated carbocycles. The number of pyridine rings is 1. The van der Waals surface area contributed by atoms with Gasteiger partial charge in [0.2, 0.25) is 0 Å². The lowest BCUT2D eigenvalue weighted by Gasteiger charge is -2.37. The Labute approximate surface area is 149 Å². The molecule has 1 atom stereocenters. The van der Waals surface area contributed by atoms with Gasteiger partial charge in [-0.25, -0.2) is 0 Å². The number of nitrogens with zero attached hydrogens (tertiary/aromatic N) is 2. The summed E-state index contributed by atoms with van der Waals surface area (Å²) in [5, 5.41) is 9.24. The third-order valence-electron chi connectivity index (χ3n) is 5.22. The maximum absolute atomic E-state index is 11.2. The number of likely N-dealkylation sites (tertiary alicyclic amines) is 1. The average molecular weight is 338 g/mol. The van der Waals surface area contributed by atoms with Crippen LogP contribution in [0.4, 0.5) is 0 Å². The van der Waals surface area contributed by atoms with Crippen molar-refractivity contribution in [2.24, 2.45) is 5.92 Å². The SMILES string of the molecule is CCc1ccc(C(Cc2ccccn2)N2CCC(C(=O)O)CC2)cc1. The Morgan fingerprint density at radius 2 is 1.92 bits per heavy atom. The van der Waals surface area contributed by atoms with Crippen LogP contribution in [0.2, 0.25) is 0 Å². The van der Waals surface area contributed by atoms with Crippen LogP contribution in [0.1, 0.15) is 42.6 Å². The lowest BCUT2D eigenvalue weighted by Crippen LogP contribution is -2.39. The molecular formula is C21H26N2O2. The lowest BCUT2D eigenvalue weighted by molar-refractivity contribution is -0.143. The molecule has 0 radical (unpaired) electrons. The van der Waals surface area contributed by atoms with Crippen molar-refractivity contribution in [1.82, 2.24) is 9.88 Å². The van der Waals surface area contributed by atoms with Crippen LogP contribution in [0, 0.1) is 5.92 Å². The number of rotatable bonds is 6. The van der Waals surface area contributed by atoms with E-state index in [2.05, 4.69) is 47.1 Å². The molecule has 0 bridgehead atoms. The van der Waals surface area contributed by atoms with E-state index in [1.54, 1.807) is 0 Å². The molecule has 0 amide bonds. The van der Waals surface area contributed by atoms with E-state index in [1.807, 2.05) is 18.3 Å². The summed E-state index contributed by atoms with van der Waals surface area (Å²) in [5.41, 5.74) is 3.70. The molecule has 25 heavy (non-hydrogen) atoms. The second-order valence-corrected chi connectivity index (χ2v) is 6.78. The number of aromatic nitrogens is 1. The molecule has 1 saturated heterocycles. The summed E-state index contributed by atoms with van der Waals surface area (Å²) >= 11 is 0. The summed E-state index contributed by atoms with van der Waals surface area (Å²) in [6, 6.07) is 15.1. The quantitative estimate of drug-likeness (QED) is 0.872. The van der Waals surface area contributed by atoms with Crippen LogP contribution in [-0.4, -0.2) is 34.0 Å². The van der Waals surface area contributed by atoms with Crippen molar-refractivity contribution in [3.05, 3.63) is 65.5 Å². The highest BCUT2D eigenvalue weighted by Gasteiger charge is 2.29. The average Bonchev–Trinajstić information content (AvgIpc) is 2.67. The maximum Gasteiger partial charge on any atom is 0.306 e. The molecule has 2 aromatic rings. The number of benzene rings is 1. The van der Waals surface area contributed by atoms with E-state index in [9.17, 15) is 9.90 Å². The fourth-order valence-electron chi connectivity index (χ4n) is 3.61. The van der Waals surface area contributed by atoms with Gasteiger partial charge in [-0.3, -0.25) is 14.7 Å². The van der Waals surface area contributed by atoms with E-state index >= 15 is 0 Å². The Hall–Kier alpha value is -2.20. The van der Waals surface area contributed by atoms with Gasteiger partial charge >= 0.3 is 5.97 Å². The van der Waals surface area contributed by atoms with Gasteiger partial charge in [-0.05, 0) is 55.6 Å². The number of carboxylic acid groups (broad SMARTS) is 1. The topological polar surface area (TPSA) is 53.4 Å². The van der Waals surface area contributed by atoms with Crippen LogP contribution >= 0.6 is 0 Å². The highest BCUT2D eigenvalue weighted by atomic mass is 16.4. The van der Waals surface area contributed by atoms with Gasteiger partial charge in [-0.1, -0.05) is 37.3 Å². The molecule has 3 rings (SSSR count). The molecule has 1 aromatic heterocycles. The Morgan fingerprint density at radius 3 is 2.48 bits per heavy atom. The van der Waals surface area contributed by atoms with Gasteiger partial charge in [0, 0.05) is 24.4 Å². The summed E-state index contributed by atoms with van der Waals surface area (Å²) < 4.78 is 0. The number of aryl methyl sites for hydroxylation is 1. The van der Waals surface area contributed by atoms with Gasteiger partial charge in [-0.2, -0.15) is 0 Å². The van der Waals surface area contributed by atoms with E-state index in [1.165, 1.54) is 11.1 Å². The molecule has 1 N–H and O–H groups in total. The highest BCUT2D eigenvalue weighted by Crippen LogP contribution is 2.30. The largest absolute Gasteiger partial charge is 0.481 e. The van der Waals surface area contributed by atoms with Crippen LogP contribution in [0.3, 0.4) is 0 Å². The smallest absolute Gasteiger partial charge is 0.306 e. The van der Waals surface area contributed by atoms with Crippen molar-refractivity contribution in [3.63, 3.8) is 0 Å². The first-order valence-corrected chi connectivity index (χ1v) is 9.13. The number of hydrogen-bond donors (Lipinski definition) is 1. The molecule has 0 aliphatic carbocycles. The van der Waals surface area contributed by atoms with Crippen LogP contribution in [0.25, 0.3) is 0 Å². The first kappa shape index (κ1) is 17.6. The number of aliphatic carboxylic acids is 1. The molecule has 0 spiro atoms. The standard InChI is InChI=1S/C21H26N2O2/c1-2-16-6-8-17(9-7-16)20(15-19-5-3-4-12-22-19)23-13-10-18(11-14-23)21(24)25/h3-9,12,18,20H,2,10-11,13-15H2,1H3,(H,24,25).